The van der Waals surface area contributed by atoms with Crippen LogP contribution in [0.2, 0.25) is 0 Å². The van der Waals surface area contributed by atoms with Crippen LogP contribution >= 0.6 is 0 Å². The molecule has 1 aliphatic carbocycles. The van der Waals surface area contributed by atoms with Crippen molar-refractivity contribution in [3.63, 3.8) is 0 Å². The van der Waals surface area contributed by atoms with E-state index in [1.807, 2.05) is 0 Å². The number of nitrogens with zero attached hydrogens (tertiary/aromatic N) is 2. The second-order valence-electron chi connectivity index (χ2n) is 6.00. The van der Waals surface area contributed by atoms with E-state index < -0.39 is 27.7 Å². The molecule has 1 aromatic carbocycles. The van der Waals surface area contributed by atoms with Gasteiger partial charge in [0.25, 0.3) is 5.60 Å². The maximum absolute atomic E-state index is 12.7. The Hall–Kier alpha value is -2.45. The summed E-state index contributed by atoms with van der Waals surface area (Å²) in [4.78, 5) is 24.9. The topological polar surface area (TPSA) is 116 Å². The summed E-state index contributed by atoms with van der Waals surface area (Å²) >= 11 is 0. The van der Waals surface area contributed by atoms with Gasteiger partial charge in [-0.3, -0.25) is 14.9 Å². The Morgan fingerprint density at radius 1 is 1.26 bits per heavy atom. The molecule has 4 rings (SSSR count). The molecule has 2 atom stereocenters. The van der Waals surface area contributed by atoms with Gasteiger partial charge >= 0.3 is 5.70 Å². The molecule has 8 heteroatoms. The van der Waals surface area contributed by atoms with E-state index in [1.165, 1.54) is 17.0 Å². The lowest BCUT2D eigenvalue weighted by Gasteiger charge is -2.37. The van der Waals surface area contributed by atoms with Crippen molar-refractivity contribution in [1.82, 2.24) is 10.2 Å². The number of fused-ring (bicyclic) bond motifs is 5. The van der Waals surface area contributed by atoms with Crippen LogP contribution in [-0.2, 0) is 5.72 Å². The number of aliphatic hydroxyl groups is 2. The van der Waals surface area contributed by atoms with Gasteiger partial charge in [0.15, 0.2) is 5.82 Å². The van der Waals surface area contributed by atoms with Gasteiger partial charge in [0.1, 0.15) is 0 Å². The zero-order valence-electron chi connectivity index (χ0n) is 12.2. The van der Waals surface area contributed by atoms with E-state index in [0.29, 0.717) is 19.5 Å². The largest absolute Gasteiger partial charge is 0.368 e. The molecule has 1 aromatic rings. The fourth-order valence-electron chi connectivity index (χ4n) is 3.88. The molecular weight excluding hydrogens is 302 g/mol. The highest BCUT2D eigenvalue weighted by Gasteiger charge is 2.77. The normalized spacial score (nSPS) is 32.1. The summed E-state index contributed by atoms with van der Waals surface area (Å²) in [6.45, 7) is 0.783. The van der Waals surface area contributed by atoms with Crippen molar-refractivity contribution in [2.75, 3.05) is 13.1 Å². The third-order valence-electron chi connectivity index (χ3n) is 4.89. The number of rotatable bonds is 1. The van der Waals surface area contributed by atoms with Crippen molar-refractivity contribution in [2.24, 2.45) is 0 Å². The Kier molecular flexibility index (Phi) is 2.65. The molecule has 3 N–H and O–H groups in total. The molecule has 8 nitrogen and oxygen atoms in total. The van der Waals surface area contributed by atoms with Crippen molar-refractivity contribution < 1.29 is 19.9 Å². The Morgan fingerprint density at radius 2 is 2.00 bits per heavy atom. The summed E-state index contributed by atoms with van der Waals surface area (Å²) in [6, 6.07) is 6.22. The lowest BCUT2D eigenvalue weighted by molar-refractivity contribution is -0.445. The minimum atomic E-state index is -2.61. The van der Waals surface area contributed by atoms with Crippen LogP contribution in [0.5, 0.6) is 0 Å². The summed E-state index contributed by atoms with van der Waals surface area (Å²) in [6.07, 6.45) is 1.45. The van der Waals surface area contributed by atoms with Crippen molar-refractivity contribution >= 4 is 5.78 Å². The van der Waals surface area contributed by atoms with Crippen LogP contribution in [0.1, 0.15) is 28.8 Å². The lowest BCUT2D eigenvalue weighted by atomic mass is 9.89. The second-order valence-corrected chi connectivity index (χ2v) is 6.00. The maximum Gasteiger partial charge on any atom is 0.330 e. The van der Waals surface area contributed by atoms with Gasteiger partial charge in [0, 0.05) is 24.2 Å². The highest BCUT2D eigenvalue weighted by Crippen LogP contribution is 2.56. The van der Waals surface area contributed by atoms with E-state index in [-0.39, 0.29) is 16.9 Å². The molecule has 1 saturated heterocycles. The molecule has 3 aliphatic rings. The van der Waals surface area contributed by atoms with Gasteiger partial charge in [-0.05, 0) is 12.8 Å². The van der Waals surface area contributed by atoms with Gasteiger partial charge in [0.2, 0.25) is 11.5 Å². The van der Waals surface area contributed by atoms with Crippen LogP contribution in [-0.4, -0.2) is 44.5 Å². The van der Waals surface area contributed by atoms with Crippen LogP contribution in [0.3, 0.4) is 0 Å². The fourth-order valence-corrected chi connectivity index (χ4v) is 3.88. The minimum absolute atomic E-state index is 0.0281. The van der Waals surface area contributed by atoms with Crippen LogP contribution in [0.25, 0.3) is 0 Å². The SMILES string of the molecule is O=C1c2ccccc2[C@]2(O)N3CCCCNC3=C([N+](=O)[O-])[C@]12O. The van der Waals surface area contributed by atoms with Gasteiger partial charge < -0.3 is 20.4 Å². The quantitative estimate of drug-likeness (QED) is 0.489. The number of carbonyl (C=O) groups excluding carboxylic acids is 1. The summed E-state index contributed by atoms with van der Waals surface area (Å²) in [5.41, 5.74) is -5.14. The van der Waals surface area contributed by atoms with E-state index in [1.54, 1.807) is 12.1 Å². The van der Waals surface area contributed by atoms with Gasteiger partial charge in [-0.25, -0.2) is 0 Å². The van der Waals surface area contributed by atoms with Crippen LogP contribution in [0.15, 0.2) is 35.8 Å². The number of carbonyl (C=O) groups is 1. The van der Waals surface area contributed by atoms with Crippen LogP contribution < -0.4 is 5.32 Å². The van der Waals surface area contributed by atoms with Gasteiger partial charge in [0.05, 0.1) is 4.92 Å². The first-order chi connectivity index (χ1) is 10.9. The summed E-state index contributed by atoms with van der Waals surface area (Å²) in [5, 5.41) is 36.9. The average molecular weight is 317 g/mol. The van der Waals surface area contributed by atoms with Crippen molar-refractivity contribution in [3.05, 3.63) is 57.0 Å². The molecule has 1 fully saturated rings. The van der Waals surface area contributed by atoms with E-state index in [9.17, 15) is 25.1 Å². The molecule has 2 aliphatic heterocycles. The summed E-state index contributed by atoms with van der Waals surface area (Å²) < 4.78 is 0. The lowest BCUT2D eigenvalue weighted by Crippen LogP contribution is -2.58. The second kappa shape index (κ2) is 4.30. The molecule has 0 amide bonds. The molecule has 0 bridgehead atoms. The van der Waals surface area contributed by atoms with Crippen molar-refractivity contribution in [3.8, 4) is 0 Å². The van der Waals surface area contributed by atoms with Crippen LogP contribution in [0, 0.1) is 10.1 Å². The average Bonchev–Trinajstić information content (AvgIpc) is 2.73. The van der Waals surface area contributed by atoms with Gasteiger partial charge in [-0.15, -0.1) is 0 Å². The Labute approximate surface area is 131 Å². The molecule has 0 saturated carbocycles. The first-order valence-electron chi connectivity index (χ1n) is 7.43. The summed E-state index contributed by atoms with van der Waals surface area (Å²) in [7, 11) is 0. The molecule has 0 spiro atoms. The first kappa shape index (κ1) is 14.2. The van der Waals surface area contributed by atoms with Crippen LogP contribution in [0.4, 0.5) is 0 Å². The number of nitrogens with one attached hydrogen (secondary N) is 1. The third kappa shape index (κ3) is 1.40. The van der Waals surface area contributed by atoms with Crippen molar-refractivity contribution in [1.29, 1.82) is 0 Å². The molecule has 120 valence electrons. The third-order valence-corrected chi connectivity index (χ3v) is 4.89. The molecule has 0 radical (unpaired) electrons. The standard InChI is InChI=1S/C15H15N3O5/c19-12-9-5-1-2-6-10(9)15(21)14(12,20)11(18(22)23)13-16-7-3-4-8-17(13)15/h1-2,5-6,16,20-21H,3-4,7-8H2/t14-,15+/m0/s1. The van der Waals surface area contributed by atoms with Gasteiger partial charge in [-0.2, -0.15) is 0 Å². The van der Waals surface area contributed by atoms with E-state index >= 15 is 0 Å². The van der Waals surface area contributed by atoms with E-state index in [4.69, 9.17) is 0 Å². The molecule has 23 heavy (non-hydrogen) atoms. The zero-order valence-corrected chi connectivity index (χ0v) is 12.2. The smallest absolute Gasteiger partial charge is 0.330 e. The number of ketones is 1. The Bertz CT molecular complexity index is 776. The zero-order chi connectivity index (χ0) is 16.4. The van der Waals surface area contributed by atoms with E-state index in [2.05, 4.69) is 5.32 Å². The predicted molar refractivity (Wildman–Crippen MR) is 77.6 cm³/mol. The Balaban J connectivity index is 2.05. The predicted octanol–water partition coefficient (Wildman–Crippen LogP) is -0.0961. The number of hydrogen-bond donors (Lipinski definition) is 3. The highest BCUT2D eigenvalue weighted by atomic mass is 16.6. The monoisotopic (exact) mass is 317 g/mol. The molecule has 0 aromatic heterocycles. The maximum atomic E-state index is 12.7. The van der Waals surface area contributed by atoms with Crippen molar-refractivity contribution in [2.45, 2.75) is 24.2 Å². The van der Waals surface area contributed by atoms with Gasteiger partial charge in [-0.1, -0.05) is 24.3 Å². The summed E-state index contributed by atoms with van der Waals surface area (Å²) in [5.74, 6) is -0.815. The number of benzene rings is 1. The number of nitro groups is 1. The number of Topliss-reactive ketones (excluding diaryl/α,β-unsaturated/α-hetero) is 1. The first-order valence-corrected chi connectivity index (χ1v) is 7.43. The highest BCUT2D eigenvalue weighted by molar-refractivity contribution is 6.10. The molecule has 2 heterocycles. The van der Waals surface area contributed by atoms with E-state index in [0.717, 1.165) is 6.42 Å². The molecule has 0 unspecified atom stereocenters. The fraction of sp³-hybridized carbons (Fsp3) is 0.400. The molecular formula is C15H15N3O5. The minimum Gasteiger partial charge on any atom is -0.368 e. The number of hydrogen-bond acceptors (Lipinski definition) is 7. The Morgan fingerprint density at radius 3 is 2.74 bits per heavy atom.